The summed E-state index contributed by atoms with van der Waals surface area (Å²) in [5, 5.41) is 20.9. The van der Waals surface area contributed by atoms with E-state index in [1.165, 1.54) is 44.2 Å². The van der Waals surface area contributed by atoms with Crippen molar-refractivity contribution in [1.82, 2.24) is 0 Å². The van der Waals surface area contributed by atoms with E-state index in [0.29, 0.717) is 18.8 Å². The van der Waals surface area contributed by atoms with Crippen molar-refractivity contribution >= 4 is 5.69 Å². The van der Waals surface area contributed by atoms with E-state index in [0.717, 1.165) is 5.56 Å². The van der Waals surface area contributed by atoms with Crippen molar-refractivity contribution in [2.24, 2.45) is 5.92 Å². The summed E-state index contributed by atoms with van der Waals surface area (Å²) in [4.78, 5) is 10.3. The number of nitrogens with zero attached hydrogens (tertiary/aromatic N) is 1. The molecule has 0 spiro atoms. The molecule has 1 aromatic carbocycles. The fourth-order valence-corrected chi connectivity index (χ4v) is 3.77. The molecule has 120 valence electrons. The average Bonchev–Trinajstić information content (AvgIpc) is 2.55. The average molecular weight is 305 g/mol. The van der Waals surface area contributed by atoms with Crippen molar-refractivity contribution in [3.8, 4) is 0 Å². The molecule has 0 bridgehead atoms. The van der Waals surface area contributed by atoms with Gasteiger partial charge in [-0.15, -0.1) is 0 Å². The predicted octanol–water partition coefficient (Wildman–Crippen LogP) is 3.76. The van der Waals surface area contributed by atoms with Gasteiger partial charge in [0.15, 0.2) is 0 Å². The van der Waals surface area contributed by atoms with Crippen LogP contribution in [-0.2, 0) is 4.74 Å². The molecule has 1 saturated heterocycles. The summed E-state index contributed by atoms with van der Waals surface area (Å²) in [6.45, 7) is 0. The Morgan fingerprint density at radius 2 is 1.77 bits per heavy atom. The maximum Gasteiger partial charge on any atom is 0.269 e. The fourth-order valence-electron chi connectivity index (χ4n) is 3.77. The lowest BCUT2D eigenvalue weighted by Crippen LogP contribution is -2.37. The third-order valence-electron chi connectivity index (χ3n) is 4.98. The highest BCUT2D eigenvalue weighted by molar-refractivity contribution is 5.34. The summed E-state index contributed by atoms with van der Waals surface area (Å²) >= 11 is 0. The molecule has 2 fully saturated rings. The van der Waals surface area contributed by atoms with Gasteiger partial charge < -0.3 is 9.84 Å². The van der Waals surface area contributed by atoms with Crippen LogP contribution in [0.15, 0.2) is 24.3 Å². The summed E-state index contributed by atoms with van der Waals surface area (Å²) in [6.07, 6.45) is 7.08. The molecule has 5 heteroatoms. The Morgan fingerprint density at radius 1 is 1.09 bits per heavy atom. The van der Waals surface area contributed by atoms with Crippen LogP contribution in [0.2, 0.25) is 0 Å². The van der Waals surface area contributed by atoms with E-state index < -0.39 is 4.92 Å². The van der Waals surface area contributed by atoms with Gasteiger partial charge in [-0.1, -0.05) is 19.3 Å². The summed E-state index contributed by atoms with van der Waals surface area (Å²) in [5.74, 6) is 0.546. The first kappa shape index (κ1) is 15.4. The summed E-state index contributed by atoms with van der Waals surface area (Å²) in [5.41, 5.74) is 1.01. The Hall–Kier alpha value is -1.46. The van der Waals surface area contributed by atoms with Crippen molar-refractivity contribution in [2.75, 3.05) is 0 Å². The van der Waals surface area contributed by atoms with Crippen LogP contribution in [0.4, 0.5) is 5.69 Å². The van der Waals surface area contributed by atoms with Crippen molar-refractivity contribution in [3.63, 3.8) is 0 Å². The van der Waals surface area contributed by atoms with Gasteiger partial charge in [0.1, 0.15) is 0 Å². The zero-order valence-electron chi connectivity index (χ0n) is 12.7. The highest BCUT2D eigenvalue weighted by Gasteiger charge is 2.34. The van der Waals surface area contributed by atoms with E-state index in [1.54, 1.807) is 12.1 Å². The first-order valence-electron chi connectivity index (χ1n) is 8.21. The third kappa shape index (κ3) is 3.47. The SMILES string of the molecule is O=[N+]([O-])c1ccc(C2CC(O)CC(C3CCCCC3)O2)cc1. The maximum atomic E-state index is 10.7. The third-order valence-corrected chi connectivity index (χ3v) is 4.98. The predicted molar refractivity (Wildman–Crippen MR) is 82.5 cm³/mol. The molecule has 22 heavy (non-hydrogen) atoms. The van der Waals surface area contributed by atoms with Gasteiger partial charge in [-0.05, 0) is 42.9 Å². The lowest BCUT2D eigenvalue weighted by Gasteiger charge is -2.39. The second-order valence-corrected chi connectivity index (χ2v) is 6.54. The van der Waals surface area contributed by atoms with Gasteiger partial charge in [-0.2, -0.15) is 0 Å². The molecule has 3 atom stereocenters. The molecular formula is C17H23NO4. The van der Waals surface area contributed by atoms with E-state index in [1.807, 2.05) is 0 Å². The minimum absolute atomic E-state index is 0.0870. The second-order valence-electron chi connectivity index (χ2n) is 6.54. The van der Waals surface area contributed by atoms with E-state index >= 15 is 0 Å². The molecule has 1 aliphatic heterocycles. The largest absolute Gasteiger partial charge is 0.393 e. The van der Waals surface area contributed by atoms with E-state index in [4.69, 9.17) is 4.74 Å². The van der Waals surface area contributed by atoms with Gasteiger partial charge in [0.05, 0.1) is 23.2 Å². The van der Waals surface area contributed by atoms with Crippen LogP contribution in [0.3, 0.4) is 0 Å². The summed E-state index contributed by atoms with van der Waals surface area (Å²) < 4.78 is 6.25. The molecule has 5 nitrogen and oxygen atoms in total. The van der Waals surface area contributed by atoms with Crippen LogP contribution < -0.4 is 0 Å². The molecule has 1 N–H and O–H groups in total. The smallest absolute Gasteiger partial charge is 0.269 e. The molecule has 1 heterocycles. The molecule has 1 saturated carbocycles. The zero-order valence-corrected chi connectivity index (χ0v) is 12.7. The lowest BCUT2D eigenvalue weighted by atomic mass is 9.81. The van der Waals surface area contributed by atoms with E-state index in [9.17, 15) is 15.2 Å². The Kier molecular flexibility index (Phi) is 4.74. The van der Waals surface area contributed by atoms with Gasteiger partial charge in [-0.3, -0.25) is 10.1 Å². The normalized spacial score (nSPS) is 30.1. The molecule has 0 amide bonds. The molecule has 0 radical (unpaired) electrons. The lowest BCUT2D eigenvalue weighted by molar-refractivity contribution is -0.384. The number of nitro groups is 1. The number of aliphatic hydroxyl groups is 1. The molecule has 1 aromatic rings. The molecule has 3 unspecified atom stereocenters. The minimum atomic E-state index is -0.398. The first-order valence-corrected chi connectivity index (χ1v) is 8.21. The van der Waals surface area contributed by atoms with Crippen LogP contribution in [0.5, 0.6) is 0 Å². The van der Waals surface area contributed by atoms with Crippen LogP contribution in [-0.4, -0.2) is 22.2 Å². The number of rotatable bonds is 3. The maximum absolute atomic E-state index is 10.7. The Bertz CT molecular complexity index is 510. The molecular weight excluding hydrogens is 282 g/mol. The van der Waals surface area contributed by atoms with Gasteiger partial charge in [-0.25, -0.2) is 0 Å². The first-order chi connectivity index (χ1) is 10.6. The number of hydrogen-bond donors (Lipinski definition) is 1. The van der Waals surface area contributed by atoms with Crippen LogP contribution in [0.25, 0.3) is 0 Å². The monoisotopic (exact) mass is 305 g/mol. The Labute approximate surface area is 130 Å². The summed E-state index contributed by atoms with van der Waals surface area (Å²) in [7, 11) is 0. The minimum Gasteiger partial charge on any atom is -0.393 e. The number of aliphatic hydroxyl groups excluding tert-OH is 1. The van der Waals surface area contributed by atoms with Gasteiger partial charge in [0.25, 0.3) is 5.69 Å². The highest BCUT2D eigenvalue weighted by atomic mass is 16.6. The quantitative estimate of drug-likeness (QED) is 0.681. The molecule has 2 aliphatic rings. The van der Waals surface area contributed by atoms with Gasteiger partial charge >= 0.3 is 0 Å². The van der Waals surface area contributed by atoms with Crippen molar-refractivity contribution < 1.29 is 14.8 Å². The molecule has 3 rings (SSSR count). The van der Waals surface area contributed by atoms with Gasteiger partial charge in [0.2, 0.25) is 0 Å². The van der Waals surface area contributed by atoms with E-state index in [-0.39, 0.29) is 24.0 Å². The zero-order chi connectivity index (χ0) is 15.5. The van der Waals surface area contributed by atoms with E-state index in [2.05, 4.69) is 0 Å². The molecule has 1 aliphatic carbocycles. The molecule has 0 aromatic heterocycles. The summed E-state index contributed by atoms with van der Waals surface area (Å²) in [6, 6.07) is 6.52. The van der Waals surface area contributed by atoms with Crippen molar-refractivity contribution in [3.05, 3.63) is 39.9 Å². The standard InChI is InChI=1S/C17H23NO4/c19-15-10-16(12-4-2-1-3-5-12)22-17(11-15)13-6-8-14(9-7-13)18(20)21/h6-9,12,15-17,19H,1-5,10-11H2. The number of non-ortho nitro benzene ring substituents is 1. The Balaban J connectivity index is 1.71. The van der Waals surface area contributed by atoms with Gasteiger partial charge in [0, 0.05) is 18.6 Å². The fraction of sp³-hybridized carbons (Fsp3) is 0.647. The number of ether oxygens (including phenoxy) is 1. The van der Waals surface area contributed by atoms with Crippen LogP contribution >= 0.6 is 0 Å². The Morgan fingerprint density at radius 3 is 2.41 bits per heavy atom. The topological polar surface area (TPSA) is 72.6 Å². The second kappa shape index (κ2) is 6.75. The van der Waals surface area contributed by atoms with Crippen LogP contribution in [0.1, 0.15) is 56.6 Å². The number of hydrogen-bond acceptors (Lipinski definition) is 4. The van der Waals surface area contributed by atoms with Crippen molar-refractivity contribution in [2.45, 2.75) is 63.3 Å². The van der Waals surface area contributed by atoms with Crippen molar-refractivity contribution in [1.29, 1.82) is 0 Å². The number of nitro benzene ring substituents is 1. The number of benzene rings is 1. The van der Waals surface area contributed by atoms with Crippen LogP contribution in [0, 0.1) is 16.0 Å². The highest BCUT2D eigenvalue weighted by Crippen LogP contribution is 2.39.